The van der Waals surface area contributed by atoms with E-state index in [9.17, 15) is 8.78 Å². The fourth-order valence-corrected chi connectivity index (χ4v) is 4.86. The fraction of sp³-hybridized carbons (Fsp3) is 0.435. The summed E-state index contributed by atoms with van der Waals surface area (Å²) in [6.45, 7) is 4.84. The van der Waals surface area contributed by atoms with Crippen LogP contribution in [0.1, 0.15) is 36.2 Å². The number of halogens is 2. The maximum atomic E-state index is 14.1. The molecule has 3 atom stereocenters. The number of hydrogen-bond donors (Lipinski definition) is 1. The SMILES string of the molecule is Cc1nnc(N[C@H](C)c2cccc3c2OCC3(F)F)c2cc(N3CC4CC(C3)O4)cnc12. The molecule has 6 heterocycles. The van der Waals surface area contributed by atoms with Gasteiger partial charge in [-0.1, -0.05) is 12.1 Å². The molecule has 2 unspecified atom stereocenters. The molecule has 3 saturated heterocycles. The van der Waals surface area contributed by atoms with Gasteiger partial charge in [-0.15, -0.1) is 5.10 Å². The van der Waals surface area contributed by atoms with Crippen molar-refractivity contribution in [1.29, 1.82) is 0 Å². The van der Waals surface area contributed by atoms with Crippen molar-refractivity contribution in [1.82, 2.24) is 15.2 Å². The molecule has 9 heteroatoms. The van der Waals surface area contributed by atoms with Crippen LogP contribution in [0.25, 0.3) is 10.9 Å². The smallest absolute Gasteiger partial charge is 0.310 e. The summed E-state index contributed by atoms with van der Waals surface area (Å²) in [5.74, 6) is -2.17. The van der Waals surface area contributed by atoms with Gasteiger partial charge in [0.2, 0.25) is 0 Å². The molecule has 0 amide bonds. The number of piperidine rings is 1. The predicted molar refractivity (Wildman–Crippen MR) is 115 cm³/mol. The van der Waals surface area contributed by atoms with Crippen LogP contribution >= 0.6 is 0 Å². The van der Waals surface area contributed by atoms with Crippen LogP contribution in [-0.4, -0.2) is 47.1 Å². The van der Waals surface area contributed by atoms with Crippen molar-refractivity contribution in [2.24, 2.45) is 0 Å². The maximum Gasteiger partial charge on any atom is 0.310 e. The lowest BCUT2D eigenvalue weighted by atomic mass is 9.98. The summed E-state index contributed by atoms with van der Waals surface area (Å²) in [7, 11) is 0. The number of benzene rings is 1. The van der Waals surface area contributed by atoms with Gasteiger partial charge >= 0.3 is 5.92 Å². The van der Waals surface area contributed by atoms with Gasteiger partial charge in [-0.25, -0.2) is 0 Å². The Hall–Kier alpha value is -3.07. The molecule has 0 saturated carbocycles. The summed E-state index contributed by atoms with van der Waals surface area (Å²) in [6, 6.07) is 6.61. The van der Waals surface area contributed by atoms with Gasteiger partial charge in [0.1, 0.15) is 5.75 Å². The summed E-state index contributed by atoms with van der Waals surface area (Å²) in [6.07, 6.45) is 3.57. The average Bonchev–Trinajstić information content (AvgIpc) is 3.10. The Morgan fingerprint density at radius 3 is 2.78 bits per heavy atom. The van der Waals surface area contributed by atoms with E-state index in [4.69, 9.17) is 9.47 Å². The first-order valence-corrected chi connectivity index (χ1v) is 10.8. The van der Waals surface area contributed by atoms with Gasteiger partial charge in [-0.05, 0) is 26.0 Å². The van der Waals surface area contributed by atoms with Crippen molar-refractivity contribution in [3.8, 4) is 5.75 Å². The Bertz CT molecular complexity index is 1200. The number of morpholine rings is 1. The number of anilines is 2. The Labute approximate surface area is 183 Å². The number of hydrogen-bond acceptors (Lipinski definition) is 7. The van der Waals surface area contributed by atoms with Crippen molar-refractivity contribution in [2.45, 2.75) is 44.4 Å². The molecule has 0 radical (unpaired) electrons. The van der Waals surface area contributed by atoms with Crippen LogP contribution in [0, 0.1) is 6.92 Å². The zero-order valence-electron chi connectivity index (χ0n) is 17.8. The second kappa shape index (κ2) is 6.96. The topological polar surface area (TPSA) is 72.4 Å². The van der Waals surface area contributed by atoms with Gasteiger partial charge in [-0.3, -0.25) is 4.98 Å². The minimum absolute atomic E-state index is 0.0710. The number of nitrogens with one attached hydrogen (secondary N) is 1. The van der Waals surface area contributed by atoms with E-state index in [-0.39, 0.29) is 29.6 Å². The zero-order chi connectivity index (χ0) is 22.0. The first kappa shape index (κ1) is 19.6. The zero-order valence-corrected chi connectivity index (χ0v) is 17.8. The molecule has 32 heavy (non-hydrogen) atoms. The standard InChI is InChI=1S/C23H23F2N5O2/c1-12(17-4-3-5-19-21(17)31-11-23(19,24)25)27-22-18-6-14(8-26-20(18)13(2)28-29-22)30-9-15-7-16(10-30)32-15/h3-6,8,12,15-16H,7,9-11H2,1-2H3,(H,27,29)/t12-,15?,16?/m1/s1. The van der Waals surface area contributed by atoms with Crippen LogP contribution in [0.5, 0.6) is 5.75 Å². The summed E-state index contributed by atoms with van der Waals surface area (Å²) in [5.41, 5.74) is 3.10. The van der Waals surface area contributed by atoms with Gasteiger partial charge in [0.15, 0.2) is 12.4 Å². The molecule has 166 valence electrons. The van der Waals surface area contributed by atoms with Crippen molar-refractivity contribution >= 4 is 22.4 Å². The van der Waals surface area contributed by atoms with E-state index in [1.807, 2.05) is 20.0 Å². The average molecular weight is 439 g/mol. The van der Waals surface area contributed by atoms with E-state index < -0.39 is 12.5 Å². The molecular formula is C23H23F2N5O2. The number of pyridine rings is 1. The molecular weight excluding hydrogens is 416 g/mol. The summed E-state index contributed by atoms with van der Waals surface area (Å²) in [5, 5.41) is 12.8. The third kappa shape index (κ3) is 3.06. The van der Waals surface area contributed by atoms with E-state index in [2.05, 4.69) is 31.5 Å². The van der Waals surface area contributed by atoms with Crippen LogP contribution < -0.4 is 15.0 Å². The Balaban J connectivity index is 1.35. The first-order valence-electron chi connectivity index (χ1n) is 10.8. The van der Waals surface area contributed by atoms with Crippen LogP contribution in [0.3, 0.4) is 0 Å². The Morgan fingerprint density at radius 2 is 2.00 bits per heavy atom. The van der Waals surface area contributed by atoms with Crippen molar-refractivity contribution in [3.05, 3.63) is 47.3 Å². The summed E-state index contributed by atoms with van der Waals surface area (Å²) in [4.78, 5) is 6.95. The van der Waals surface area contributed by atoms with Gasteiger partial charge in [0.25, 0.3) is 0 Å². The number of nitrogens with zero attached hydrogens (tertiary/aromatic N) is 4. The fourth-order valence-electron chi connectivity index (χ4n) is 4.86. The highest BCUT2D eigenvalue weighted by Crippen LogP contribution is 2.45. The highest BCUT2D eigenvalue weighted by Gasteiger charge is 2.43. The van der Waals surface area contributed by atoms with Gasteiger partial charge in [0, 0.05) is 30.5 Å². The first-order chi connectivity index (χ1) is 15.4. The van der Waals surface area contributed by atoms with Gasteiger partial charge in [0.05, 0.1) is 46.9 Å². The molecule has 2 bridgehead atoms. The second-order valence-electron chi connectivity index (χ2n) is 8.83. The lowest BCUT2D eigenvalue weighted by Crippen LogP contribution is -2.57. The van der Waals surface area contributed by atoms with Crippen LogP contribution in [0.15, 0.2) is 30.5 Å². The van der Waals surface area contributed by atoms with Gasteiger partial charge < -0.3 is 19.7 Å². The number of para-hydroxylation sites is 1. The lowest BCUT2D eigenvalue weighted by molar-refractivity contribution is -0.133. The number of rotatable bonds is 4. The van der Waals surface area contributed by atoms with E-state index in [0.29, 0.717) is 11.4 Å². The minimum atomic E-state index is -2.97. The molecule has 3 aromatic rings. The van der Waals surface area contributed by atoms with Gasteiger partial charge in [-0.2, -0.15) is 13.9 Å². The Morgan fingerprint density at radius 1 is 1.22 bits per heavy atom. The number of alkyl halides is 2. The predicted octanol–water partition coefficient (Wildman–Crippen LogP) is 3.97. The minimum Gasteiger partial charge on any atom is -0.486 e. The molecule has 3 fully saturated rings. The molecule has 1 N–H and O–H groups in total. The third-order valence-electron chi connectivity index (χ3n) is 6.55. The number of aromatic nitrogens is 3. The number of ether oxygens (including phenoxy) is 2. The largest absolute Gasteiger partial charge is 0.486 e. The van der Waals surface area contributed by atoms with E-state index in [1.165, 1.54) is 6.07 Å². The lowest BCUT2D eigenvalue weighted by Gasteiger charge is -2.47. The second-order valence-corrected chi connectivity index (χ2v) is 8.83. The number of fused-ring (bicyclic) bond motifs is 4. The van der Waals surface area contributed by atoms with E-state index >= 15 is 0 Å². The molecule has 0 aliphatic carbocycles. The normalized spacial score (nSPS) is 23.9. The van der Waals surface area contributed by atoms with Crippen LogP contribution in [0.2, 0.25) is 0 Å². The van der Waals surface area contributed by atoms with Crippen LogP contribution in [-0.2, 0) is 10.7 Å². The quantitative estimate of drug-likeness (QED) is 0.660. The highest BCUT2D eigenvalue weighted by atomic mass is 19.3. The molecule has 4 aliphatic rings. The third-order valence-corrected chi connectivity index (χ3v) is 6.55. The van der Waals surface area contributed by atoms with E-state index in [1.54, 1.807) is 12.1 Å². The number of aryl methyl sites for hydroxylation is 1. The monoisotopic (exact) mass is 439 g/mol. The van der Waals surface area contributed by atoms with Crippen LogP contribution in [0.4, 0.5) is 20.3 Å². The van der Waals surface area contributed by atoms with E-state index in [0.717, 1.165) is 41.8 Å². The molecule has 0 spiro atoms. The molecule has 7 rings (SSSR count). The van der Waals surface area contributed by atoms with Crippen molar-refractivity contribution in [3.63, 3.8) is 0 Å². The molecule has 4 aliphatic heterocycles. The molecule has 2 aromatic heterocycles. The van der Waals surface area contributed by atoms with Crippen molar-refractivity contribution in [2.75, 3.05) is 29.9 Å². The Kier molecular flexibility index (Phi) is 4.27. The molecule has 7 nitrogen and oxygen atoms in total. The maximum absolute atomic E-state index is 14.1. The summed E-state index contributed by atoms with van der Waals surface area (Å²) >= 11 is 0. The van der Waals surface area contributed by atoms with Crippen molar-refractivity contribution < 1.29 is 18.3 Å². The highest BCUT2D eigenvalue weighted by molar-refractivity contribution is 5.92. The summed E-state index contributed by atoms with van der Waals surface area (Å²) < 4.78 is 39.4. The molecule has 1 aromatic carbocycles.